The first-order chi connectivity index (χ1) is 6.06. The summed E-state index contributed by atoms with van der Waals surface area (Å²) in [6.45, 7) is 0. The molecule has 0 aromatic rings. The average Bonchev–Trinajstić information content (AvgIpc) is 1.99. The molecule has 0 unspecified atom stereocenters. The number of benzene rings is 1. The normalized spacial score (nSPS) is 9.77. The van der Waals surface area contributed by atoms with Crippen LogP contribution in [0.3, 0.4) is 0 Å². The Morgan fingerprint density at radius 1 is 1.46 bits per heavy atom. The number of hydrogen-bond donors (Lipinski definition) is 1. The second kappa shape index (κ2) is 3.85. The maximum atomic E-state index is 8.77. The molecule has 0 saturated heterocycles. The Morgan fingerprint density at radius 3 is 2.23 bits per heavy atom. The Hall–Kier alpha value is -0.930. The topological polar surface area (TPSA) is 46.5 Å². The minimum Gasteiger partial charge on any atom is -0.496 e. The van der Waals surface area contributed by atoms with Crippen molar-refractivity contribution in [3.63, 3.8) is 0 Å². The summed E-state index contributed by atoms with van der Waals surface area (Å²) in [4.78, 5) is 8.77. The summed E-state index contributed by atoms with van der Waals surface area (Å²) < 4.78 is 4.97. The molecule has 0 amide bonds. The Morgan fingerprint density at radius 2 is 2.00 bits per heavy atom. The van der Waals surface area contributed by atoms with Crippen LogP contribution in [-0.2, 0) is 0 Å². The van der Waals surface area contributed by atoms with Gasteiger partial charge < -0.3 is 9.84 Å². The fourth-order valence-electron chi connectivity index (χ4n) is 0.984. The summed E-state index contributed by atoms with van der Waals surface area (Å²) >= 11 is 9.86. The molecule has 2 rings (SSSR count). The summed E-state index contributed by atoms with van der Waals surface area (Å²) in [5, 5.41) is 8.03. The van der Waals surface area contributed by atoms with E-state index in [1.54, 1.807) is 7.11 Å². The van der Waals surface area contributed by atoms with Crippen LogP contribution in [0.4, 0.5) is 4.79 Å². The Balaban J connectivity index is 0.000000184. The Bertz CT molecular complexity index is 345. The maximum absolute atomic E-state index is 8.77. The molecule has 0 aromatic heterocycles. The number of rotatable bonds is 1. The van der Waals surface area contributed by atoms with Crippen molar-refractivity contribution >= 4 is 28.6 Å². The van der Waals surface area contributed by atoms with Gasteiger partial charge in [0.05, 0.1) is 7.11 Å². The molecule has 0 saturated carbocycles. The molecular formula is C8H6Cl2O3. The average molecular weight is 221 g/mol. The van der Waals surface area contributed by atoms with Gasteiger partial charge in [-0.1, -0.05) is 11.6 Å². The van der Waals surface area contributed by atoms with Crippen LogP contribution >= 0.6 is 23.2 Å². The van der Waals surface area contributed by atoms with Crippen LogP contribution in [0.5, 0.6) is 5.75 Å². The van der Waals surface area contributed by atoms with Gasteiger partial charge in [-0.05, 0) is 12.1 Å². The van der Waals surface area contributed by atoms with Gasteiger partial charge in [-0.2, -0.15) is 0 Å². The predicted molar refractivity (Wildman–Crippen MR) is 50.9 cm³/mol. The molecule has 0 atom stereocenters. The van der Waals surface area contributed by atoms with Gasteiger partial charge in [0.15, 0.2) is 0 Å². The summed E-state index contributed by atoms with van der Waals surface area (Å²) in [5.41, 5.74) is 0.955. The Labute approximate surface area is 84.8 Å². The lowest BCUT2D eigenvalue weighted by Gasteiger charge is -2.21. The SMILES string of the molecule is COc1cc2c(Cl)cc1-2.O=C(O)Cl. The van der Waals surface area contributed by atoms with Crippen molar-refractivity contribution in [1.29, 1.82) is 0 Å². The second-order valence-electron chi connectivity index (χ2n) is 2.29. The number of carbonyl (C=O) groups is 1. The van der Waals surface area contributed by atoms with Gasteiger partial charge in [-0.15, -0.1) is 0 Å². The molecule has 0 fully saturated rings. The number of fused-ring (bicyclic) bond motifs is 1. The van der Waals surface area contributed by atoms with Crippen molar-refractivity contribution in [2.24, 2.45) is 0 Å². The fourth-order valence-corrected chi connectivity index (χ4v) is 1.25. The number of halogens is 2. The molecule has 3 nitrogen and oxygen atoms in total. The second-order valence-corrected chi connectivity index (χ2v) is 3.02. The first-order valence-corrected chi connectivity index (χ1v) is 4.08. The van der Waals surface area contributed by atoms with Gasteiger partial charge in [0, 0.05) is 27.8 Å². The summed E-state index contributed by atoms with van der Waals surface area (Å²) in [5.74, 6) is 0.953. The van der Waals surface area contributed by atoms with Crippen LogP contribution in [0.25, 0.3) is 11.1 Å². The highest BCUT2D eigenvalue weighted by atomic mass is 35.5. The van der Waals surface area contributed by atoms with Gasteiger partial charge in [-0.25, -0.2) is 4.79 Å². The molecule has 0 aliphatic heterocycles. The van der Waals surface area contributed by atoms with E-state index < -0.39 is 5.43 Å². The zero-order chi connectivity index (χ0) is 10.0. The maximum Gasteiger partial charge on any atom is 0.401 e. The van der Waals surface area contributed by atoms with Crippen molar-refractivity contribution in [3.8, 4) is 16.9 Å². The van der Waals surface area contributed by atoms with Gasteiger partial charge in [0.1, 0.15) is 5.75 Å². The van der Waals surface area contributed by atoms with E-state index in [1.807, 2.05) is 12.1 Å². The smallest absolute Gasteiger partial charge is 0.401 e. The minimum atomic E-state index is -1.36. The van der Waals surface area contributed by atoms with Crippen molar-refractivity contribution in [3.05, 3.63) is 17.2 Å². The van der Waals surface area contributed by atoms with Crippen LogP contribution in [0, 0.1) is 0 Å². The van der Waals surface area contributed by atoms with Crippen LogP contribution in [0.2, 0.25) is 5.02 Å². The van der Waals surface area contributed by atoms with Crippen LogP contribution in [-0.4, -0.2) is 17.6 Å². The van der Waals surface area contributed by atoms with E-state index in [-0.39, 0.29) is 0 Å². The Kier molecular flexibility index (Phi) is 3.01. The van der Waals surface area contributed by atoms with Crippen molar-refractivity contribution in [2.75, 3.05) is 7.11 Å². The minimum absolute atomic E-state index is 0.853. The van der Waals surface area contributed by atoms with E-state index in [9.17, 15) is 0 Å². The zero-order valence-corrected chi connectivity index (χ0v) is 8.19. The van der Waals surface area contributed by atoms with Crippen molar-refractivity contribution in [2.45, 2.75) is 0 Å². The third-order valence-electron chi connectivity index (χ3n) is 1.58. The molecule has 5 heteroatoms. The molecule has 1 N–H and O–H groups in total. The van der Waals surface area contributed by atoms with Crippen LogP contribution in [0.15, 0.2) is 12.1 Å². The zero-order valence-electron chi connectivity index (χ0n) is 6.67. The summed E-state index contributed by atoms with van der Waals surface area (Å²) in [6, 6.07) is 3.85. The van der Waals surface area contributed by atoms with Crippen LogP contribution < -0.4 is 4.74 Å². The van der Waals surface area contributed by atoms with E-state index >= 15 is 0 Å². The quantitative estimate of drug-likeness (QED) is 0.751. The lowest BCUT2D eigenvalue weighted by Crippen LogP contribution is -1.98. The monoisotopic (exact) mass is 220 g/mol. The molecule has 13 heavy (non-hydrogen) atoms. The molecule has 2 aliphatic carbocycles. The highest BCUT2D eigenvalue weighted by Crippen LogP contribution is 2.49. The van der Waals surface area contributed by atoms with Crippen LogP contribution in [0.1, 0.15) is 0 Å². The van der Waals surface area contributed by atoms with E-state index in [4.69, 9.17) is 26.2 Å². The fraction of sp³-hybridized carbons (Fsp3) is 0.125. The summed E-state index contributed by atoms with van der Waals surface area (Å²) in [7, 11) is 1.66. The molecular weight excluding hydrogens is 215 g/mol. The predicted octanol–water partition coefficient (Wildman–Crippen LogP) is 3.23. The first kappa shape index (κ1) is 10.2. The lowest BCUT2D eigenvalue weighted by molar-refractivity contribution is 0.220. The van der Waals surface area contributed by atoms with E-state index in [0.29, 0.717) is 0 Å². The van der Waals surface area contributed by atoms with Gasteiger partial charge in [-0.3, -0.25) is 0 Å². The third-order valence-corrected chi connectivity index (χ3v) is 1.89. The number of methoxy groups -OCH3 is 1. The molecule has 0 radical (unpaired) electrons. The largest absolute Gasteiger partial charge is 0.496 e. The molecule has 0 bridgehead atoms. The number of ether oxygens (including phenoxy) is 1. The van der Waals surface area contributed by atoms with Crippen molar-refractivity contribution < 1.29 is 14.6 Å². The molecule has 0 aromatic carbocycles. The first-order valence-electron chi connectivity index (χ1n) is 3.32. The lowest BCUT2D eigenvalue weighted by atomic mass is 9.92. The van der Waals surface area contributed by atoms with E-state index in [0.717, 1.165) is 16.3 Å². The molecule has 0 spiro atoms. The van der Waals surface area contributed by atoms with Gasteiger partial charge in [0.25, 0.3) is 0 Å². The summed E-state index contributed by atoms with van der Waals surface area (Å²) in [6.07, 6.45) is 0. The highest BCUT2D eigenvalue weighted by Gasteiger charge is 2.22. The van der Waals surface area contributed by atoms with Crippen molar-refractivity contribution in [1.82, 2.24) is 0 Å². The number of carboxylic acid groups (broad SMARTS) is 1. The third kappa shape index (κ3) is 2.05. The molecule has 2 aliphatic rings. The van der Waals surface area contributed by atoms with Gasteiger partial charge in [0.2, 0.25) is 0 Å². The molecule has 70 valence electrons. The standard InChI is InChI=1S/C7H5ClO.CHClO2/c1-9-7-3-4-5(7)2-6(4)8;2-1(3)4/h2-3H,1H3;(H,3,4). The molecule has 0 heterocycles. The van der Waals surface area contributed by atoms with Gasteiger partial charge >= 0.3 is 5.43 Å². The number of hydrogen-bond acceptors (Lipinski definition) is 2. The van der Waals surface area contributed by atoms with E-state index in [1.165, 1.54) is 5.56 Å². The highest BCUT2D eigenvalue weighted by molar-refractivity contribution is 6.60. The van der Waals surface area contributed by atoms with E-state index in [2.05, 4.69) is 11.6 Å².